The van der Waals surface area contributed by atoms with Crippen molar-refractivity contribution in [3.05, 3.63) is 65.7 Å². The number of rotatable bonds is 4. The van der Waals surface area contributed by atoms with E-state index in [0.717, 1.165) is 23.9 Å². The van der Waals surface area contributed by atoms with E-state index in [2.05, 4.69) is 0 Å². The first-order valence-corrected chi connectivity index (χ1v) is 6.35. The van der Waals surface area contributed by atoms with Gasteiger partial charge in [-0.2, -0.15) is 0 Å². The molecule has 5 heteroatoms. The Labute approximate surface area is 113 Å². The molecule has 19 heavy (non-hydrogen) atoms. The van der Waals surface area contributed by atoms with Crippen molar-refractivity contribution in [1.29, 1.82) is 0 Å². The third-order valence-electron chi connectivity index (χ3n) is 2.47. The minimum atomic E-state index is -1.03. The first-order chi connectivity index (χ1) is 9.08. The largest absolute Gasteiger partial charge is 0.480 e. The van der Waals surface area contributed by atoms with E-state index in [1.165, 1.54) is 6.07 Å². The summed E-state index contributed by atoms with van der Waals surface area (Å²) in [6, 6.07) is 12.0. The van der Waals surface area contributed by atoms with Gasteiger partial charge in [0, 0.05) is 4.90 Å². The van der Waals surface area contributed by atoms with Crippen molar-refractivity contribution in [3.63, 3.8) is 0 Å². The minimum absolute atomic E-state index is 0.371. The van der Waals surface area contributed by atoms with E-state index in [1.54, 1.807) is 30.3 Å². The predicted octanol–water partition coefficient (Wildman–Crippen LogP) is 3.88. The van der Waals surface area contributed by atoms with Crippen LogP contribution < -0.4 is 0 Å². The quantitative estimate of drug-likeness (QED) is 0.863. The topological polar surface area (TPSA) is 37.3 Å². The lowest BCUT2D eigenvalue weighted by Crippen LogP contribution is -2.07. The monoisotopic (exact) mass is 280 g/mol. The van der Waals surface area contributed by atoms with Crippen molar-refractivity contribution >= 4 is 17.7 Å². The van der Waals surface area contributed by atoms with Crippen LogP contribution in [0.5, 0.6) is 0 Å². The summed E-state index contributed by atoms with van der Waals surface area (Å²) in [7, 11) is 0. The van der Waals surface area contributed by atoms with E-state index in [9.17, 15) is 18.7 Å². The Bertz CT molecular complexity index is 587. The van der Waals surface area contributed by atoms with E-state index in [4.69, 9.17) is 0 Å². The Kier molecular flexibility index (Phi) is 4.16. The van der Waals surface area contributed by atoms with Gasteiger partial charge in [-0.3, -0.25) is 4.79 Å². The van der Waals surface area contributed by atoms with Crippen LogP contribution in [0.2, 0.25) is 0 Å². The molecule has 2 aromatic rings. The van der Waals surface area contributed by atoms with Gasteiger partial charge in [-0.05, 0) is 23.8 Å². The highest BCUT2D eigenvalue weighted by molar-refractivity contribution is 8.00. The normalized spacial score (nSPS) is 12.1. The van der Waals surface area contributed by atoms with E-state index >= 15 is 0 Å². The van der Waals surface area contributed by atoms with E-state index in [-0.39, 0.29) is 0 Å². The highest BCUT2D eigenvalue weighted by atomic mass is 32.2. The molecule has 98 valence electrons. The van der Waals surface area contributed by atoms with Gasteiger partial charge in [0.1, 0.15) is 5.25 Å². The molecule has 0 unspecified atom stereocenters. The Morgan fingerprint density at radius 2 is 1.74 bits per heavy atom. The van der Waals surface area contributed by atoms with Gasteiger partial charge in [0.25, 0.3) is 0 Å². The molecule has 2 nitrogen and oxygen atoms in total. The van der Waals surface area contributed by atoms with Gasteiger partial charge in [0.05, 0.1) is 0 Å². The second-order valence-electron chi connectivity index (χ2n) is 3.82. The molecule has 0 aliphatic carbocycles. The third kappa shape index (κ3) is 3.32. The maximum Gasteiger partial charge on any atom is 0.321 e. The number of carboxylic acid groups (broad SMARTS) is 1. The van der Waals surface area contributed by atoms with Gasteiger partial charge in [0.2, 0.25) is 0 Å². The van der Waals surface area contributed by atoms with E-state index in [1.807, 2.05) is 0 Å². The van der Waals surface area contributed by atoms with Gasteiger partial charge in [-0.15, -0.1) is 11.8 Å². The summed E-state index contributed by atoms with van der Waals surface area (Å²) in [5.74, 6) is -2.96. The maximum atomic E-state index is 13.1. The fraction of sp³-hybridized carbons (Fsp3) is 0.0714. The number of aliphatic carboxylic acids is 1. The van der Waals surface area contributed by atoms with Crippen molar-refractivity contribution in [3.8, 4) is 0 Å². The van der Waals surface area contributed by atoms with Crippen molar-refractivity contribution in [1.82, 2.24) is 0 Å². The van der Waals surface area contributed by atoms with Crippen LogP contribution in [0.3, 0.4) is 0 Å². The van der Waals surface area contributed by atoms with E-state index in [0.29, 0.717) is 10.5 Å². The summed E-state index contributed by atoms with van der Waals surface area (Å²) in [5.41, 5.74) is 0.602. The summed E-state index contributed by atoms with van der Waals surface area (Å²) in [5, 5.41) is 8.37. The zero-order valence-electron chi connectivity index (χ0n) is 9.72. The van der Waals surface area contributed by atoms with Crippen molar-refractivity contribution in [2.45, 2.75) is 10.1 Å². The van der Waals surface area contributed by atoms with Crippen LogP contribution in [-0.4, -0.2) is 11.1 Å². The molecule has 0 aliphatic heterocycles. The summed E-state index contributed by atoms with van der Waals surface area (Å²) in [6.07, 6.45) is 0. The molecule has 0 fully saturated rings. The average Bonchev–Trinajstić information content (AvgIpc) is 2.40. The summed E-state index contributed by atoms with van der Waals surface area (Å²) in [6.45, 7) is 0. The molecule has 0 saturated heterocycles. The van der Waals surface area contributed by atoms with Crippen LogP contribution in [-0.2, 0) is 4.79 Å². The van der Waals surface area contributed by atoms with E-state index < -0.39 is 22.9 Å². The van der Waals surface area contributed by atoms with Gasteiger partial charge >= 0.3 is 5.97 Å². The van der Waals surface area contributed by atoms with Crippen LogP contribution in [0.25, 0.3) is 0 Å². The smallest absolute Gasteiger partial charge is 0.321 e. The molecule has 2 rings (SSSR count). The van der Waals surface area contributed by atoms with Gasteiger partial charge in [-0.1, -0.05) is 30.3 Å². The zero-order valence-corrected chi connectivity index (χ0v) is 10.5. The number of carbonyl (C=O) groups is 1. The van der Waals surface area contributed by atoms with Crippen LogP contribution in [0.15, 0.2) is 53.4 Å². The van der Waals surface area contributed by atoms with Crippen molar-refractivity contribution in [2.75, 3.05) is 0 Å². The Morgan fingerprint density at radius 1 is 1.05 bits per heavy atom. The number of benzene rings is 2. The molecule has 0 aliphatic rings. The number of carboxylic acids is 1. The molecule has 0 saturated carbocycles. The maximum absolute atomic E-state index is 13.1. The highest BCUT2D eigenvalue weighted by Gasteiger charge is 2.21. The lowest BCUT2D eigenvalue weighted by Gasteiger charge is -2.12. The zero-order chi connectivity index (χ0) is 13.8. The number of thioether (sulfide) groups is 1. The summed E-state index contributed by atoms with van der Waals surface area (Å²) >= 11 is 0.967. The minimum Gasteiger partial charge on any atom is -0.480 e. The summed E-state index contributed by atoms with van der Waals surface area (Å²) < 4.78 is 25.9. The van der Waals surface area contributed by atoms with Gasteiger partial charge in [0.15, 0.2) is 11.6 Å². The molecule has 0 radical (unpaired) electrons. The standard InChI is InChI=1S/C14H10F2O2S/c15-11-7-6-10(8-12(11)16)19-13(14(17)18)9-4-2-1-3-5-9/h1-8,13H,(H,17,18)/t13-/m1/s1. The first-order valence-electron chi connectivity index (χ1n) is 5.47. The molecule has 1 N–H and O–H groups in total. The molecular weight excluding hydrogens is 270 g/mol. The predicted molar refractivity (Wildman–Crippen MR) is 69.0 cm³/mol. The van der Waals surface area contributed by atoms with Crippen LogP contribution in [0, 0.1) is 11.6 Å². The third-order valence-corrected chi connectivity index (χ3v) is 3.71. The highest BCUT2D eigenvalue weighted by Crippen LogP contribution is 2.35. The van der Waals surface area contributed by atoms with Crippen LogP contribution in [0.4, 0.5) is 8.78 Å². The second-order valence-corrected chi connectivity index (χ2v) is 5.00. The molecule has 0 aromatic heterocycles. The molecule has 0 spiro atoms. The second kappa shape index (κ2) is 5.84. The lowest BCUT2D eigenvalue weighted by molar-refractivity contribution is -0.136. The fourth-order valence-corrected chi connectivity index (χ4v) is 2.56. The average molecular weight is 280 g/mol. The summed E-state index contributed by atoms with van der Waals surface area (Å²) in [4.78, 5) is 11.6. The molecule has 1 atom stereocenters. The number of hydrogen-bond acceptors (Lipinski definition) is 2. The Morgan fingerprint density at radius 3 is 2.32 bits per heavy atom. The number of hydrogen-bond donors (Lipinski definition) is 1. The molecule has 0 amide bonds. The molecular formula is C14H10F2O2S. The molecule has 0 bridgehead atoms. The fourth-order valence-electron chi connectivity index (χ4n) is 1.58. The SMILES string of the molecule is O=C(O)[C@H](Sc1ccc(F)c(F)c1)c1ccccc1. The van der Waals surface area contributed by atoms with Gasteiger partial charge < -0.3 is 5.11 Å². The lowest BCUT2D eigenvalue weighted by atomic mass is 10.1. The number of halogens is 2. The Hall–Kier alpha value is -1.88. The Balaban J connectivity index is 2.27. The van der Waals surface area contributed by atoms with Crippen LogP contribution >= 0.6 is 11.8 Å². The van der Waals surface area contributed by atoms with Crippen molar-refractivity contribution < 1.29 is 18.7 Å². The van der Waals surface area contributed by atoms with Crippen LogP contribution in [0.1, 0.15) is 10.8 Å². The molecule has 2 aromatic carbocycles. The first kappa shape index (κ1) is 13.5. The van der Waals surface area contributed by atoms with Gasteiger partial charge in [-0.25, -0.2) is 8.78 Å². The molecule has 0 heterocycles. The van der Waals surface area contributed by atoms with Crippen molar-refractivity contribution in [2.24, 2.45) is 0 Å².